The van der Waals surface area contributed by atoms with Crippen LogP contribution >= 0.6 is 22.9 Å². The van der Waals surface area contributed by atoms with Crippen LogP contribution in [0, 0.1) is 12.3 Å². The molecule has 2 aromatic rings. The van der Waals surface area contributed by atoms with Crippen LogP contribution in [0.1, 0.15) is 4.88 Å². The quantitative estimate of drug-likeness (QED) is 0.600. The number of terminal acetylenes is 1. The van der Waals surface area contributed by atoms with Gasteiger partial charge in [-0.05, 0) is 12.1 Å². The van der Waals surface area contributed by atoms with E-state index in [0.29, 0.717) is 24.1 Å². The van der Waals surface area contributed by atoms with Crippen molar-refractivity contribution in [3.05, 3.63) is 40.1 Å². The first-order valence-corrected chi connectivity index (χ1v) is 7.96. The molecule has 5 nitrogen and oxygen atoms in total. The van der Waals surface area contributed by atoms with E-state index < -0.39 is 5.79 Å². The Hall–Kier alpha value is -1.36. The highest BCUT2D eigenvalue weighted by Gasteiger charge is 2.44. The van der Waals surface area contributed by atoms with E-state index in [1.54, 1.807) is 12.5 Å². The van der Waals surface area contributed by atoms with E-state index in [1.165, 1.54) is 11.3 Å². The number of aromatic nitrogens is 2. The molecule has 1 fully saturated rings. The first-order valence-electron chi connectivity index (χ1n) is 6.76. The van der Waals surface area contributed by atoms with Crippen molar-refractivity contribution in [2.75, 3.05) is 19.8 Å². The normalized spacial score (nSPS) is 24.5. The van der Waals surface area contributed by atoms with E-state index in [9.17, 15) is 0 Å². The summed E-state index contributed by atoms with van der Waals surface area (Å²) in [5, 5.41) is 0. The molecule has 116 valence electrons. The maximum absolute atomic E-state index is 6.16. The van der Waals surface area contributed by atoms with Gasteiger partial charge in [0.05, 0.1) is 35.3 Å². The predicted octanol–water partition coefficient (Wildman–Crippen LogP) is 2.52. The molecule has 0 spiro atoms. The Kier molecular flexibility index (Phi) is 4.81. The van der Waals surface area contributed by atoms with E-state index >= 15 is 0 Å². The maximum Gasteiger partial charge on any atom is 0.223 e. The fourth-order valence-electron chi connectivity index (χ4n) is 2.33. The summed E-state index contributed by atoms with van der Waals surface area (Å²) < 4.78 is 20.1. The predicted molar refractivity (Wildman–Crippen MR) is 83.7 cm³/mol. The number of halogens is 1. The molecule has 2 unspecified atom stereocenters. The molecular formula is C15H15ClN2O3S. The Morgan fingerprint density at radius 2 is 2.50 bits per heavy atom. The summed E-state index contributed by atoms with van der Waals surface area (Å²) in [5.74, 6) is 1.57. The van der Waals surface area contributed by atoms with Gasteiger partial charge in [0.25, 0.3) is 0 Å². The summed E-state index contributed by atoms with van der Waals surface area (Å²) in [6, 6.07) is 3.76. The highest BCUT2D eigenvalue weighted by molar-refractivity contribution is 7.16. The molecule has 2 aromatic heterocycles. The molecule has 7 heteroatoms. The van der Waals surface area contributed by atoms with Crippen LogP contribution in [0.25, 0.3) is 0 Å². The third kappa shape index (κ3) is 3.35. The standard InChI is InChI=1S/C15H15ClN2O3S/c1-2-7-19-8-12-9-20-15(21-12,10-18-6-5-17-11-18)13-3-4-14(16)22-13/h1,3-6,11-12H,7-10H2. The average molecular weight is 339 g/mol. The van der Waals surface area contributed by atoms with Crippen LogP contribution in [-0.4, -0.2) is 35.5 Å². The molecule has 1 aliphatic heterocycles. The molecule has 0 saturated carbocycles. The van der Waals surface area contributed by atoms with Crippen molar-refractivity contribution in [1.82, 2.24) is 9.55 Å². The molecule has 3 rings (SSSR count). The lowest BCUT2D eigenvalue weighted by Gasteiger charge is -2.27. The van der Waals surface area contributed by atoms with Gasteiger partial charge in [0.15, 0.2) is 0 Å². The number of thiophene rings is 1. The SMILES string of the molecule is C#CCOCC1COC(Cn2ccnc2)(c2ccc(Cl)s2)O1. The summed E-state index contributed by atoms with van der Waals surface area (Å²) in [7, 11) is 0. The maximum atomic E-state index is 6.16. The van der Waals surface area contributed by atoms with Gasteiger partial charge in [0.1, 0.15) is 12.7 Å². The molecule has 0 aromatic carbocycles. The fourth-order valence-corrected chi connectivity index (χ4v) is 3.45. The molecule has 0 radical (unpaired) electrons. The van der Waals surface area contributed by atoms with Crippen LogP contribution in [0.2, 0.25) is 4.34 Å². The smallest absolute Gasteiger partial charge is 0.223 e. The van der Waals surface area contributed by atoms with Gasteiger partial charge in [-0.2, -0.15) is 0 Å². The minimum atomic E-state index is -0.872. The first kappa shape index (κ1) is 15.5. The fraction of sp³-hybridized carbons (Fsp3) is 0.400. The lowest BCUT2D eigenvalue weighted by atomic mass is 10.2. The molecule has 22 heavy (non-hydrogen) atoms. The number of ether oxygens (including phenoxy) is 3. The average Bonchev–Trinajstić information content (AvgIpc) is 3.22. The number of imidazole rings is 1. The highest BCUT2D eigenvalue weighted by Crippen LogP contribution is 2.40. The topological polar surface area (TPSA) is 45.5 Å². The molecular weight excluding hydrogens is 324 g/mol. The molecule has 0 N–H and O–H groups in total. The lowest BCUT2D eigenvalue weighted by Crippen LogP contribution is -2.33. The van der Waals surface area contributed by atoms with Gasteiger partial charge in [-0.15, -0.1) is 17.8 Å². The first-order chi connectivity index (χ1) is 10.7. The van der Waals surface area contributed by atoms with E-state index in [2.05, 4.69) is 10.9 Å². The third-order valence-electron chi connectivity index (χ3n) is 3.25. The molecule has 1 saturated heterocycles. The summed E-state index contributed by atoms with van der Waals surface area (Å²) in [5.41, 5.74) is 0. The van der Waals surface area contributed by atoms with Crippen molar-refractivity contribution < 1.29 is 14.2 Å². The third-order valence-corrected chi connectivity index (χ3v) is 4.60. The van der Waals surface area contributed by atoms with E-state index in [4.69, 9.17) is 32.2 Å². The zero-order valence-electron chi connectivity index (χ0n) is 11.8. The van der Waals surface area contributed by atoms with Gasteiger partial charge in [0.2, 0.25) is 5.79 Å². The van der Waals surface area contributed by atoms with Crippen molar-refractivity contribution in [2.45, 2.75) is 18.4 Å². The van der Waals surface area contributed by atoms with Crippen LogP contribution in [0.15, 0.2) is 30.9 Å². The zero-order chi connectivity index (χ0) is 15.4. The number of hydrogen-bond acceptors (Lipinski definition) is 5. The molecule has 0 aliphatic carbocycles. The minimum absolute atomic E-state index is 0.169. The van der Waals surface area contributed by atoms with Crippen LogP contribution < -0.4 is 0 Å². The van der Waals surface area contributed by atoms with Crippen molar-refractivity contribution in [3.63, 3.8) is 0 Å². The van der Waals surface area contributed by atoms with Crippen molar-refractivity contribution in [2.24, 2.45) is 0 Å². The lowest BCUT2D eigenvalue weighted by molar-refractivity contribution is -0.188. The molecule has 3 heterocycles. The summed E-state index contributed by atoms with van der Waals surface area (Å²) >= 11 is 7.51. The van der Waals surface area contributed by atoms with Gasteiger partial charge >= 0.3 is 0 Å². The van der Waals surface area contributed by atoms with Crippen molar-refractivity contribution in [3.8, 4) is 12.3 Å². The van der Waals surface area contributed by atoms with Crippen molar-refractivity contribution in [1.29, 1.82) is 0 Å². The highest BCUT2D eigenvalue weighted by atomic mass is 35.5. The van der Waals surface area contributed by atoms with Crippen LogP contribution in [0.4, 0.5) is 0 Å². The largest absolute Gasteiger partial charge is 0.366 e. The Labute approximate surface area is 137 Å². The Balaban J connectivity index is 1.78. The Morgan fingerprint density at radius 1 is 1.59 bits per heavy atom. The summed E-state index contributed by atoms with van der Waals surface area (Å²) in [4.78, 5) is 4.98. The van der Waals surface area contributed by atoms with E-state index in [1.807, 2.05) is 22.9 Å². The number of nitrogens with zero attached hydrogens (tertiary/aromatic N) is 2. The monoisotopic (exact) mass is 338 g/mol. The van der Waals surface area contributed by atoms with E-state index in [0.717, 1.165) is 4.88 Å². The van der Waals surface area contributed by atoms with Crippen LogP contribution in [-0.2, 0) is 26.5 Å². The van der Waals surface area contributed by atoms with Gasteiger partial charge in [-0.1, -0.05) is 17.5 Å². The molecule has 2 atom stereocenters. The summed E-state index contributed by atoms with van der Waals surface area (Å²) in [6.45, 7) is 1.60. The molecule has 0 amide bonds. The van der Waals surface area contributed by atoms with Crippen molar-refractivity contribution >= 4 is 22.9 Å². The van der Waals surface area contributed by atoms with Gasteiger partial charge in [0, 0.05) is 12.4 Å². The zero-order valence-corrected chi connectivity index (χ0v) is 13.3. The second kappa shape index (κ2) is 6.82. The number of rotatable bonds is 6. The van der Waals surface area contributed by atoms with E-state index in [-0.39, 0.29) is 12.7 Å². The molecule has 0 bridgehead atoms. The number of hydrogen-bond donors (Lipinski definition) is 0. The minimum Gasteiger partial charge on any atom is -0.366 e. The van der Waals surface area contributed by atoms with Gasteiger partial charge in [-0.3, -0.25) is 0 Å². The second-order valence-corrected chi connectivity index (χ2v) is 6.58. The Morgan fingerprint density at radius 3 is 3.18 bits per heavy atom. The van der Waals surface area contributed by atoms with Crippen LogP contribution in [0.3, 0.4) is 0 Å². The molecule has 1 aliphatic rings. The van der Waals surface area contributed by atoms with Gasteiger partial charge < -0.3 is 18.8 Å². The van der Waals surface area contributed by atoms with Crippen LogP contribution in [0.5, 0.6) is 0 Å². The second-order valence-electron chi connectivity index (χ2n) is 4.86. The van der Waals surface area contributed by atoms with Gasteiger partial charge in [-0.25, -0.2) is 4.98 Å². The Bertz CT molecular complexity index is 652. The summed E-state index contributed by atoms with van der Waals surface area (Å²) in [6.07, 6.45) is 10.3.